The molecule has 0 amide bonds. The molecule has 0 saturated heterocycles. The maximum atomic E-state index is 12.9. The fraction of sp³-hybridized carbons (Fsp3) is 0.188. The zero-order chi connectivity index (χ0) is 16.9. The van der Waals surface area contributed by atoms with Crippen LogP contribution in [0.25, 0.3) is 0 Å². The minimum Gasteiger partial charge on any atom is -0.481 e. The van der Waals surface area contributed by atoms with E-state index < -0.39 is 16.0 Å². The van der Waals surface area contributed by atoms with Crippen LogP contribution in [0.5, 0.6) is 0 Å². The number of anilines is 1. The molecule has 0 fully saturated rings. The average Bonchev–Trinajstić information content (AvgIpc) is 2.53. The first kappa shape index (κ1) is 17.5. The molecule has 0 unspecified atom stereocenters. The SMILES string of the molecule is O=C(O)CCCN(c1ccccc1Br)S(=O)(=O)c1ccccc1. The van der Waals surface area contributed by atoms with Gasteiger partial charge >= 0.3 is 5.97 Å². The van der Waals surface area contributed by atoms with E-state index in [0.717, 1.165) is 0 Å². The number of carboxylic acid groups (broad SMARTS) is 1. The second-order valence-corrected chi connectivity index (χ2v) is 7.56. The molecule has 0 aliphatic carbocycles. The zero-order valence-electron chi connectivity index (χ0n) is 12.2. The maximum Gasteiger partial charge on any atom is 0.303 e. The number of halogens is 1. The Morgan fingerprint density at radius 1 is 1.04 bits per heavy atom. The highest BCUT2D eigenvalue weighted by molar-refractivity contribution is 9.10. The zero-order valence-corrected chi connectivity index (χ0v) is 14.6. The molecule has 2 aromatic carbocycles. The molecule has 0 heterocycles. The van der Waals surface area contributed by atoms with Crippen LogP contribution in [0.4, 0.5) is 5.69 Å². The Hall–Kier alpha value is -1.86. The third-order valence-electron chi connectivity index (χ3n) is 3.20. The Morgan fingerprint density at radius 2 is 1.65 bits per heavy atom. The van der Waals surface area contributed by atoms with Gasteiger partial charge in [-0.05, 0) is 46.6 Å². The quantitative estimate of drug-likeness (QED) is 0.775. The molecule has 0 spiro atoms. The van der Waals surface area contributed by atoms with Gasteiger partial charge in [-0.15, -0.1) is 0 Å². The Morgan fingerprint density at radius 3 is 2.26 bits per heavy atom. The fourth-order valence-electron chi connectivity index (χ4n) is 2.12. The van der Waals surface area contributed by atoms with Gasteiger partial charge in [0.2, 0.25) is 0 Å². The molecule has 23 heavy (non-hydrogen) atoms. The molecule has 1 N–H and O–H groups in total. The summed E-state index contributed by atoms with van der Waals surface area (Å²) in [6.45, 7) is 0.0894. The Balaban J connectivity index is 2.41. The average molecular weight is 398 g/mol. The van der Waals surface area contributed by atoms with Gasteiger partial charge in [-0.3, -0.25) is 9.10 Å². The molecule has 122 valence electrons. The van der Waals surface area contributed by atoms with Crippen molar-refractivity contribution in [3.05, 3.63) is 59.1 Å². The summed E-state index contributed by atoms with van der Waals surface area (Å²) in [5.41, 5.74) is 0.488. The Kier molecular flexibility index (Phi) is 5.79. The van der Waals surface area contributed by atoms with E-state index in [1.165, 1.54) is 16.4 Å². The standard InChI is InChI=1S/C16H16BrNO4S/c17-14-9-4-5-10-15(14)18(12-6-11-16(19)20)23(21,22)13-7-2-1-3-8-13/h1-5,7-10H,6,11-12H2,(H,19,20). The summed E-state index contributed by atoms with van der Waals surface area (Å²) in [5, 5.41) is 8.79. The molecule has 2 aromatic rings. The van der Waals surface area contributed by atoms with Crippen molar-refractivity contribution in [1.29, 1.82) is 0 Å². The van der Waals surface area contributed by atoms with Gasteiger partial charge in [0.15, 0.2) is 0 Å². The van der Waals surface area contributed by atoms with Crippen LogP contribution in [-0.2, 0) is 14.8 Å². The van der Waals surface area contributed by atoms with E-state index in [-0.39, 0.29) is 24.3 Å². The first-order valence-corrected chi connectivity index (χ1v) is 9.20. The first-order valence-electron chi connectivity index (χ1n) is 6.97. The molecule has 0 atom stereocenters. The summed E-state index contributed by atoms with van der Waals surface area (Å²) in [6, 6.07) is 15.1. The van der Waals surface area contributed by atoms with Crippen LogP contribution >= 0.6 is 15.9 Å². The van der Waals surface area contributed by atoms with Crippen LogP contribution in [-0.4, -0.2) is 26.0 Å². The summed E-state index contributed by atoms with van der Waals surface area (Å²) < 4.78 is 27.7. The van der Waals surface area contributed by atoms with Crippen LogP contribution in [0.15, 0.2) is 64.0 Å². The van der Waals surface area contributed by atoms with Crippen LogP contribution in [0, 0.1) is 0 Å². The lowest BCUT2D eigenvalue weighted by molar-refractivity contribution is -0.137. The molecule has 0 aliphatic rings. The van der Waals surface area contributed by atoms with E-state index in [2.05, 4.69) is 15.9 Å². The third-order valence-corrected chi connectivity index (χ3v) is 5.70. The van der Waals surface area contributed by atoms with Crippen molar-refractivity contribution in [3.8, 4) is 0 Å². The molecule has 5 nitrogen and oxygen atoms in total. The summed E-state index contributed by atoms with van der Waals surface area (Å²) in [4.78, 5) is 10.9. The van der Waals surface area contributed by atoms with E-state index in [1.807, 2.05) is 0 Å². The maximum absolute atomic E-state index is 12.9. The molecule has 2 rings (SSSR count). The van der Waals surface area contributed by atoms with Gasteiger partial charge in [0, 0.05) is 17.4 Å². The highest BCUT2D eigenvalue weighted by atomic mass is 79.9. The smallest absolute Gasteiger partial charge is 0.303 e. The number of nitrogens with zero attached hydrogens (tertiary/aromatic N) is 1. The van der Waals surface area contributed by atoms with Crippen LogP contribution < -0.4 is 4.31 Å². The summed E-state index contributed by atoms with van der Waals surface area (Å²) in [6.07, 6.45) is 0.133. The Bertz CT molecular complexity index is 778. The molecular formula is C16H16BrNO4S. The second kappa shape index (κ2) is 7.61. The Labute approximate surface area is 143 Å². The van der Waals surface area contributed by atoms with Crippen molar-refractivity contribution in [2.24, 2.45) is 0 Å². The molecule has 0 saturated carbocycles. The van der Waals surface area contributed by atoms with Gasteiger partial charge in [0.1, 0.15) is 0 Å². The summed E-state index contributed by atoms with van der Waals surface area (Å²) >= 11 is 3.36. The lowest BCUT2D eigenvalue weighted by atomic mass is 10.3. The molecule has 0 aliphatic heterocycles. The van der Waals surface area contributed by atoms with Crippen molar-refractivity contribution in [2.75, 3.05) is 10.8 Å². The number of carboxylic acids is 1. The predicted octanol–water partition coefficient (Wildman–Crippen LogP) is 3.51. The number of carbonyl (C=O) groups is 1. The third kappa shape index (κ3) is 4.33. The van der Waals surface area contributed by atoms with Gasteiger partial charge < -0.3 is 5.11 Å². The van der Waals surface area contributed by atoms with Crippen LogP contribution in [0.1, 0.15) is 12.8 Å². The fourth-order valence-corrected chi connectivity index (χ4v) is 4.28. The van der Waals surface area contributed by atoms with Gasteiger partial charge in [-0.2, -0.15) is 0 Å². The van der Waals surface area contributed by atoms with E-state index in [9.17, 15) is 13.2 Å². The number of aliphatic carboxylic acids is 1. The van der Waals surface area contributed by atoms with Crippen molar-refractivity contribution >= 4 is 37.6 Å². The highest BCUT2D eigenvalue weighted by Crippen LogP contribution is 2.30. The first-order chi connectivity index (χ1) is 10.9. The van der Waals surface area contributed by atoms with Crippen molar-refractivity contribution < 1.29 is 18.3 Å². The number of para-hydroxylation sites is 1. The summed E-state index contributed by atoms with van der Waals surface area (Å²) in [7, 11) is -3.76. The monoisotopic (exact) mass is 397 g/mol. The molecular weight excluding hydrogens is 382 g/mol. The van der Waals surface area contributed by atoms with E-state index in [4.69, 9.17) is 5.11 Å². The van der Waals surface area contributed by atoms with Gasteiger partial charge in [0.05, 0.1) is 10.6 Å². The lowest BCUT2D eigenvalue weighted by Crippen LogP contribution is -2.32. The number of hydrogen-bond acceptors (Lipinski definition) is 3. The van der Waals surface area contributed by atoms with E-state index >= 15 is 0 Å². The number of benzene rings is 2. The molecule has 0 bridgehead atoms. The minimum absolute atomic E-state index is 0.0894. The summed E-state index contributed by atoms with van der Waals surface area (Å²) in [5.74, 6) is -0.950. The number of hydrogen-bond donors (Lipinski definition) is 1. The van der Waals surface area contributed by atoms with Crippen LogP contribution in [0.2, 0.25) is 0 Å². The molecule has 0 aromatic heterocycles. The highest BCUT2D eigenvalue weighted by Gasteiger charge is 2.26. The van der Waals surface area contributed by atoms with Gasteiger partial charge in [0.25, 0.3) is 10.0 Å². The van der Waals surface area contributed by atoms with Crippen LogP contribution in [0.3, 0.4) is 0 Å². The van der Waals surface area contributed by atoms with Gasteiger partial charge in [-0.1, -0.05) is 30.3 Å². The number of sulfonamides is 1. The molecule has 7 heteroatoms. The molecule has 0 radical (unpaired) electrons. The minimum atomic E-state index is -3.76. The topological polar surface area (TPSA) is 74.7 Å². The largest absolute Gasteiger partial charge is 0.481 e. The normalized spacial score (nSPS) is 11.2. The van der Waals surface area contributed by atoms with Crippen molar-refractivity contribution in [3.63, 3.8) is 0 Å². The van der Waals surface area contributed by atoms with Crippen molar-refractivity contribution in [2.45, 2.75) is 17.7 Å². The van der Waals surface area contributed by atoms with Gasteiger partial charge in [-0.25, -0.2) is 8.42 Å². The van der Waals surface area contributed by atoms with Crippen molar-refractivity contribution in [1.82, 2.24) is 0 Å². The predicted molar refractivity (Wildman–Crippen MR) is 92.0 cm³/mol. The van der Waals surface area contributed by atoms with E-state index in [0.29, 0.717) is 10.2 Å². The van der Waals surface area contributed by atoms with E-state index in [1.54, 1.807) is 42.5 Å². The lowest BCUT2D eigenvalue weighted by Gasteiger charge is -2.25. The second-order valence-electron chi connectivity index (χ2n) is 4.84. The number of rotatable bonds is 7.